The van der Waals surface area contributed by atoms with Gasteiger partial charge in [-0.15, -0.1) is 0 Å². The van der Waals surface area contributed by atoms with E-state index in [2.05, 4.69) is 11.2 Å². The second-order valence-electron chi connectivity index (χ2n) is 4.84. The molecule has 0 bridgehead atoms. The molecule has 19 heavy (non-hydrogen) atoms. The summed E-state index contributed by atoms with van der Waals surface area (Å²) in [5, 5.41) is 5.13. The highest BCUT2D eigenvalue weighted by atomic mass is 35.5. The summed E-state index contributed by atoms with van der Waals surface area (Å²) >= 11 is 6.47. The number of halogens is 1. The number of fused-ring (bicyclic) bond motifs is 1. The highest BCUT2D eigenvalue weighted by Gasteiger charge is 2.22. The van der Waals surface area contributed by atoms with Crippen LogP contribution >= 0.6 is 11.6 Å². The third-order valence-electron chi connectivity index (χ3n) is 3.68. The van der Waals surface area contributed by atoms with E-state index in [1.165, 1.54) is 11.1 Å². The van der Waals surface area contributed by atoms with Gasteiger partial charge in [-0.3, -0.25) is 4.68 Å². The lowest BCUT2D eigenvalue weighted by Crippen LogP contribution is -1.97. The summed E-state index contributed by atoms with van der Waals surface area (Å²) < 4.78 is 7.13. The van der Waals surface area contributed by atoms with Crippen molar-refractivity contribution in [3.63, 3.8) is 0 Å². The largest absolute Gasteiger partial charge is 0.494 e. The number of aryl methyl sites for hydroxylation is 2. The molecule has 0 amide bonds. The number of nitrogen functional groups attached to an aromatic ring is 1. The van der Waals surface area contributed by atoms with Crippen molar-refractivity contribution in [2.75, 3.05) is 12.8 Å². The van der Waals surface area contributed by atoms with Gasteiger partial charge >= 0.3 is 0 Å². The molecule has 0 spiro atoms. The molecule has 1 aromatic heterocycles. The molecule has 0 fully saturated rings. The SMILES string of the molecule is COc1c(-c2cc(N)n(C)n2)cc2c(c1Cl)CCC2. The van der Waals surface area contributed by atoms with E-state index in [1.54, 1.807) is 11.8 Å². The lowest BCUT2D eigenvalue weighted by molar-refractivity contribution is 0.416. The van der Waals surface area contributed by atoms with Crippen molar-refractivity contribution >= 4 is 17.4 Å². The normalized spacial score (nSPS) is 13.6. The minimum absolute atomic E-state index is 0.619. The van der Waals surface area contributed by atoms with Crippen LogP contribution in [0.15, 0.2) is 12.1 Å². The maximum absolute atomic E-state index is 6.47. The van der Waals surface area contributed by atoms with Crippen LogP contribution in [0.1, 0.15) is 17.5 Å². The summed E-state index contributed by atoms with van der Waals surface area (Å²) in [5.41, 5.74) is 10.1. The molecule has 0 unspecified atom stereocenters. The molecule has 0 aliphatic heterocycles. The van der Waals surface area contributed by atoms with Crippen LogP contribution in [-0.2, 0) is 19.9 Å². The second-order valence-corrected chi connectivity index (χ2v) is 5.22. The number of hydrogen-bond acceptors (Lipinski definition) is 3. The summed E-state index contributed by atoms with van der Waals surface area (Å²) in [4.78, 5) is 0. The van der Waals surface area contributed by atoms with Gasteiger partial charge in [0.25, 0.3) is 0 Å². The highest BCUT2D eigenvalue weighted by Crippen LogP contribution is 2.43. The highest BCUT2D eigenvalue weighted by molar-refractivity contribution is 6.33. The first kappa shape index (κ1) is 12.4. The first-order valence-electron chi connectivity index (χ1n) is 6.30. The molecule has 1 aliphatic carbocycles. The number of rotatable bonds is 2. The Bertz CT molecular complexity index is 629. The molecule has 1 aliphatic rings. The van der Waals surface area contributed by atoms with Crippen LogP contribution in [-0.4, -0.2) is 16.9 Å². The molecule has 0 saturated carbocycles. The van der Waals surface area contributed by atoms with Crippen molar-refractivity contribution in [3.8, 4) is 17.0 Å². The number of anilines is 1. The summed E-state index contributed by atoms with van der Waals surface area (Å²) in [6.07, 6.45) is 3.23. The fourth-order valence-electron chi connectivity index (χ4n) is 2.68. The zero-order valence-electron chi connectivity index (χ0n) is 11.0. The van der Waals surface area contributed by atoms with E-state index >= 15 is 0 Å². The minimum atomic E-state index is 0.619. The number of aromatic nitrogens is 2. The second kappa shape index (κ2) is 4.46. The van der Waals surface area contributed by atoms with Crippen LogP contribution < -0.4 is 10.5 Å². The summed E-state index contributed by atoms with van der Waals surface area (Å²) in [6.45, 7) is 0. The zero-order chi connectivity index (χ0) is 13.6. The van der Waals surface area contributed by atoms with Crippen molar-refractivity contribution < 1.29 is 4.74 Å². The van der Waals surface area contributed by atoms with E-state index in [4.69, 9.17) is 22.1 Å². The first-order valence-corrected chi connectivity index (χ1v) is 6.67. The predicted molar refractivity (Wildman–Crippen MR) is 76.6 cm³/mol. The van der Waals surface area contributed by atoms with Gasteiger partial charge in [0.05, 0.1) is 17.8 Å². The maximum atomic E-state index is 6.47. The average molecular weight is 278 g/mol. The molecule has 0 radical (unpaired) electrons. The van der Waals surface area contributed by atoms with Crippen molar-refractivity contribution in [3.05, 3.63) is 28.3 Å². The van der Waals surface area contributed by atoms with Crippen molar-refractivity contribution in [2.45, 2.75) is 19.3 Å². The molecule has 2 aromatic rings. The van der Waals surface area contributed by atoms with E-state index in [0.29, 0.717) is 11.6 Å². The topological polar surface area (TPSA) is 53.1 Å². The molecule has 1 aromatic carbocycles. The van der Waals surface area contributed by atoms with Crippen LogP contribution in [0.5, 0.6) is 5.75 Å². The van der Waals surface area contributed by atoms with Crippen LogP contribution in [0.25, 0.3) is 11.3 Å². The summed E-state index contributed by atoms with van der Waals surface area (Å²) in [7, 11) is 3.46. The monoisotopic (exact) mass is 277 g/mol. The molecule has 3 rings (SSSR count). The molecule has 100 valence electrons. The molecule has 0 atom stereocenters. The van der Waals surface area contributed by atoms with Crippen LogP contribution in [0, 0.1) is 0 Å². The Morgan fingerprint density at radius 2 is 2.16 bits per heavy atom. The van der Waals surface area contributed by atoms with Crippen molar-refractivity contribution in [1.29, 1.82) is 0 Å². The first-order chi connectivity index (χ1) is 9.11. The van der Waals surface area contributed by atoms with Gasteiger partial charge in [-0.25, -0.2) is 0 Å². The molecular formula is C14H16ClN3O. The smallest absolute Gasteiger partial charge is 0.147 e. The van der Waals surface area contributed by atoms with Crippen molar-refractivity contribution in [2.24, 2.45) is 7.05 Å². The maximum Gasteiger partial charge on any atom is 0.147 e. The molecule has 4 nitrogen and oxygen atoms in total. The standard InChI is InChI=1S/C14H16ClN3O/c1-18-12(16)7-11(17-18)10-6-8-4-3-5-9(8)13(15)14(10)19-2/h6-7H,3-5,16H2,1-2H3. The van der Waals surface area contributed by atoms with Crippen LogP contribution in [0.3, 0.4) is 0 Å². The predicted octanol–water partition coefficient (Wildman–Crippen LogP) is 2.82. The Balaban J connectivity index is 2.23. The number of nitrogens with zero attached hydrogens (tertiary/aromatic N) is 2. The fourth-order valence-corrected chi connectivity index (χ4v) is 3.07. The molecule has 0 saturated heterocycles. The lowest BCUT2D eigenvalue weighted by Gasteiger charge is -2.13. The third-order valence-corrected chi connectivity index (χ3v) is 4.08. The molecular weight excluding hydrogens is 262 g/mol. The quantitative estimate of drug-likeness (QED) is 0.918. The zero-order valence-corrected chi connectivity index (χ0v) is 11.8. The van der Waals surface area contributed by atoms with Gasteiger partial charge in [-0.05, 0) is 36.5 Å². The minimum Gasteiger partial charge on any atom is -0.494 e. The van der Waals surface area contributed by atoms with Gasteiger partial charge in [-0.2, -0.15) is 5.10 Å². The van der Waals surface area contributed by atoms with Gasteiger partial charge in [-0.1, -0.05) is 11.6 Å². The number of hydrogen-bond donors (Lipinski definition) is 1. The average Bonchev–Trinajstić information content (AvgIpc) is 2.97. The molecule has 5 heteroatoms. The van der Waals surface area contributed by atoms with E-state index in [0.717, 1.165) is 35.5 Å². The Morgan fingerprint density at radius 3 is 2.79 bits per heavy atom. The molecule has 2 N–H and O–H groups in total. The van der Waals surface area contributed by atoms with Gasteiger partial charge < -0.3 is 10.5 Å². The van der Waals surface area contributed by atoms with E-state index in [9.17, 15) is 0 Å². The fraction of sp³-hybridized carbons (Fsp3) is 0.357. The Hall–Kier alpha value is -1.68. The Kier molecular flexibility index (Phi) is 2.90. The summed E-state index contributed by atoms with van der Waals surface area (Å²) in [5.74, 6) is 1.31. The van der Waals surface area contributed by atoms with Crippen molar-refractivity contribution in [1.82, 2.24) is 9.78 Å². The van der Waals surface area contributed by atoms with Gasteiger partial charge in [0.2, 0.25) is 0 Å². The number of methoxy groups -OCH3 is 1. The van der Waals surface area contributed by atoms with E-state index in [1.807, 2.05) is 13.1 Å². The van der Waals surface area contributed by atoms with E-state index < -0.39 is 0 Å². The van der Waals surface area contributed by atoms with Gasteiger partial charge in [0, 0.05) is 18.7 Å². The van der Waals surface area contributed by atoms with Gasteiger partial charge in [0.15, 0.2) is 0 Å². The van der Waals surface area contributed by atoms with Gasteiger partial charge in [0.1, 0.15) is 11.6 Å². The lowest BCUT2D eigenvalue weighted by atomic mass is 10.0. The third kappa shape index (κ3) is 1.87. The summed E-state index contributed by atoms with van der Waals surface area (Å²) in [6, 6.07) is 3.98. The Morgan fingerprint density at radius 1 is 1.37 bits per heavy atom. The van der Waals surface area contributed by atoms with Crippen LogP contribution in [0.4, 0.5) is 5.82 Å². The number of ether oxygens (including phenoxy) is 1. The number of nitrogens with two attached hydrogens (primary N) is 1. The Labute approximate surface area is 117 Å². The van der Waals surface area contributed by atoms with E-state index in [-0.39, 0.29) is 0 Å². The number of benzene rings is 1. The van der Waals surface area contributed by atoms with Crippen LogP contribution in [0.2, 0.25) is 5.02 Å². The molecule has 1 heterocycles.